The Morgan fingerprint density at radius 1 is 1.16 bits per heavy atom. The van der Waals surface area contributed by atoms with Crippen molar-refractivity contribution in [3.05, 3.63) is 69.3 Å². The maximum atomic E-state index is 12.5. The van der Waals surface area contributed by atoms with Crippen molar-refractivity contribution >= 4 is 17.7 Å². The van der Waals surface area contributed by atoms with Crippen LogP contribution in [0, 0.1) is 21.4 Å². The van der Waals surface area contributed by atoms with Gasteiger partial charge in [0.2, 0.25) is 0 Å². The van der Waals surface area contributed by atoms with Gasteiger partial charge in [0.05, 0.1) is 11.5 Å². The van der Waals surface area contributed by atoms with Crippen LogP contribution in [-0.2, 0) is 11.4 Å². The molecule has 1 amide bonds. The van der Waals surface area contributed by atoms with Crippen LogP contribution in [0.5, 0.6) is 11.5 Å². The molecule has 1 aliphatic heterocycles. The molecule has 0 bridgehead atoms. The number of nitro groups is 1. The zero-order valence-corrected chi connectivity index (χ0v) is 17.2. The molecule has 0 spiro atoms. The molecule has 0 saturated carbocycles. The molecule has 1 fully saturated rings. The molecule has 0 radical (unpaired) electrons. The van der Waals surface area contributed by atoms with Gasteiger partial charge in [-0.25, -0.2) is 0 Å². The lowest BCUT2D eigenvalue weighted by Gasteiger charge is -2.15. The first-order chi connectivity index (χ1) is 15.0. The fraction of sp³-hybridized carbons (Fsp3) is 0.304. The standard InChI is InChI=1S/C23H23N3O5/c1-2-30-22-14-18(13-19(15-24)23(27)25-11-3-4-12-25)7-10-21(22)31-16-17-5-8-20(9-6-17)26(28)29/h5-10,13-14H,2-4,11-12,16H2,1H3/b19-13+. The van der Waals surface area contributed by atoms with E-state index in [2.05, 4.69) is 0 Å². The molecule has 2 aromatic carbocycles. The first-order valence-corrected chi connectivity index (χ1v) is 10.1. The van der Waals surface area contributed by atoms with Gasteiger partial charge in [0.1, 0.15) is 18.2 Å². The third-order valence-electron chi connectivity index (χ3n) is 4.86. The topological polar surface area (TPSA) is 106 Å². The highest BCUT2D eigenvalue weighted by Crippen LogP contribution is 2.30. The van der Waals surface area contributed by atoms with E-state index in [4.69, 9.17) is 9.47 Å². The predicted molar refractivity (Wildman–Crippen MR) is 114 cm³/mol. The van der Waals surface area contributed by atoms with Crippen molar-refractivity contribution in [1.29, 1.82) is 5.26 Å². The van der Waals surface area contributed by atoms with Crippen molar-refractivity contribution in [2.75, 3.05) is 19.7 Å². The maximum absolute atomic E-state index is 12.5. The molecule has 3 rings (SSSR count). The average molecular weight is 421 g/mol. The van der Waals surface area contributed by atoms with Gasteiger partial charge in [0.15, 0.2) is 11.5 Å². The molecule has 1 heterocycles. The van der Waals surface area contributed by atoms with Gasteiger partial charge < -0.3 is 14.4 Å². The normalized spacial score (nSPS) is 13.5. The van der Waals surface area contributed by atoms with Gasteiger partial charge >= 0.3 is 0 Å². The van der Waals surface area contributed by atoms with Gasteiger partial charge in [-0.15, -0.1) is 0 Å². The summed E-state index contributed by atoms with van der Waals surface area (Å²) >= 11 is 0. The van der Waals surface area contributed by atoms with Crippen LogP contribution in [0.15, 0.2) is 48.0 Å². The average Bonchev–Trinajstić information content (AvgIpc) is 3.32. The second kappa shape index (κ2) is 10.3. The Hall–Kier alpha value is -3.86. The summed E-state index contributed by atoms with van der Waals surface area (Å²) in [6.07, 6.45) is 3.47. The monoisotopic (exact) mass is 421 g/mol. The number of benzene rings is 2. The van der Waals surface area contributed by atoms with Crippen LogP contribution >= 0.6 is 0 Å². The molecule has 160 valence electrons. The quantitative estimate of drug-likeness (QED) is 0.275. The highest BCUT2D eigenvalue weighted by molar-refractivity contribution is 6.01. The number of carbonyl (C=O) groups excluding carboxylic acids is 1. The van der Waals surface area contributed by atoms with Crippen molar-refractivity contribution in [3.8, 4) is 17.6 Å². The van der Waals surface area contributed by atoms with Crippen LogP contribution in [-0.4, -0.2) is 35.4 Å². The smallest absolute Gasteiger partial charge is 0.269 e. The molecule has 1 saturated heterocycles. The van der Waals surface area contributed by atoms with Gasteiger partial charge in [-0.1, -0.05) is 6.07 Å². The number of rotatable bonds is 8. The highest BCUT2D eigenvalue weighted by atomic mass is 16.6. The molecule has 0 atom stereocenters. The number of nitriles is 1. The van der Waals surface area contributed by atoms with Crippen molar-refractivity contribution in [2.45, 2.75) is 26.4 Å². The number of nitro benzene ring substituents is 1. The van der Waals surface area contributed by atoms with Crippen LogP contribution in [0.2, 0.25) is 0 Å². The van der Waals surface area contributed by atoms with E-state index < -0.39 is 4.92 Å². The summed E-state index contributed by atoms with van der Waals surface area (Å²) in [5.41, 5.74) is 1.55. The van der Waals surface area contributed by atoms with Gasteiger partial charge in [-0.05, 0) is 61.2 Å². The fourth-order valence-electron chi connectivity index (χ4n) is 3.28. The Kier molecular flexibility index (Phi) is 7.22. The summed E-state index contributed by atoms with van der Waals surface area (Å²) in [4.78, 5) is 24.5. The number of nitrogens with zero attached hydrogens (tertiary/aromatic N) is 3. The lowest BCUT2D eigenvalue weighted by atomic mass is 10.1. The van der Waals surface area contributed by atoms with Crippen molar-refractivity contribution in [1.82, 2.24) is 4.90 Å². The molecule has 0 aliphatic carbocycles. The summed E-state index contributed by atoms with van der Waals surface area (Å²) in [6.45, 7) is 3.83. The van der Waals surface area contributed by atoms with E-state index in [0.29, 0.717) is 36.8 Å². The number of hydrogen-bond donors (Lipinski definition) is 0. The molecule has 8 nitrogen and oxygen atoms in total. The van der Waals surface area contributed by atoms with Gasteiger partial charge in [-0.2, -0.15) is 5.26 Å². The van der Waals surface area contributed by atoms with E-state index in [-0.39, 0.29) is 23.8 Å². The number of hydrogen-bond acceptors (Lipinski definition) is 6. The third-order valence-corrected chi connectivity index (χ3v) is 4.86. The van der Waals surface area contributed by atoms with Crippen molar-refractivity contribution < 1.29 is 19.2 Å². The van der Waals surface area contributed by atoms with Crippen molar-refractivity contribution in [2.24, 2.45) is 0 Å². The minimum Gasteiger partial charge on any atom is -0.490 e. The van der Waals surface area contributed by atoms with Gasteiger partial charge in [0, 0.05) is 25.2 Å². The molecule has 0 unspecified atom stereocenters. The number of carbonyl (C=O) groups is 1. The molecule has 31 heavy (non-hydrogen) atoms. The van der Waals surface area contributed by atoms with E-state index in [0.717, 1.165) is 18.4 Å². The van der Waals surface area contributed by atoms with E-state index in [1.165, 1.54) is 12.1 Å². The lowest BCUT2D eigenvalue weighted by Crippen LogP contribution is -2.28. The van der Waals surface area contributed by atoms with Gasteiger partial charge in [0.25, 0.3) is 11.6 Å². The minimum atomic E-state index is -0.450. The van der Waals surface area contributed by atoms with E-state index in [1.54, 1.807) is 41.3 Å². The van der Waals surface area contributed by atoms with Crippen molar-refractivity contribution in [3.63, 3.8) is 0 Å². The first kappa shape index (κ1) is 21.8. The second-order valence-corrected chi connectivity index (χ2v) is 7.02. The SMILES string of the molecule is CCOc1cc(/C=C(\C#N)C(=O)N2CCCC2)ccc1OCc1ccc([N+](=O)[O-])cc1. The summed E-state index contributed by atoms with van der Waals surface area (Å²) in [6, 6.07) is 13.3. The van der Waals surface area contributed by atoms with E-state index in [9.17, 15) is 20.2 Å². The fourth-order valence-corrected chi connectivity index (χ4v) is 3.28. The van der Waals surface area contributed by atoms with E-state index >= 15 is 0 Å². The van der Waals surface area contributed by atoms with Crippen LogP contribution < -0.4 is 9.47 Å². The third kappa shape index (κ3) is 5.60. The zero-order chi connectivity index (χ0) is 22.2. The van der Waals surface area contributed by atoms with Crippen LogP contribution in [0.3, 0.4) is 0 Å². The maximum Gasteiger partial charge on any atom is 0.269 e. The van der Waals surface area contributed by atoms with Crippen LogP contribution in [0.1, 0.15) is 30.9 Å². The zero-order valence-electron chi connectivity index (χ0n) is 17.2. The number of non-ortho nitro benzene ring substituents is 1. The van der Waals surface area contributed by atoms with E-state index in [1.807, 2.05) is 13.0 Å². The second-order valence-electron chi connectivity index (χ2n) is 7.02. The molecule has 0 N–H and O–H groups in total. The summed E-state index contributed by atoms with van der Waals surface area (Å²) < 4.78 is 11.5. The number of likely N-dealkylation sites (tertiary alicyclic amines) is 1. The Balaban J connectivity index is 1.76. The Labute approximate surface area is 180 Å². The highest BCUT2D eigenvalue weighted by Gasteiger charge is 2.21. The Bertz CT molecular complexity index is 1020. The Morgan fingerprint density at radius 3 is 2.48 bits per heavy atom. The van der Waals surface area contributed by atoms with Crippen LogP contribution in [0.4, 0.5) is 5.69 Å². The summed E-state index contributed by atoms with van der Waals surface area (Å²) in [5.74, 6) is 0.738. The molecule has 1 aliphatic rings. The molecule has 0 aromatic heterocycles. The molecule has 2 aromatic rings. The van der Waals surface area contributed by atoms with Gasteiger partial charge in [-0.3, -0.25) is 14.9 Å². The van der Waals surface area contributed by atoms with Crippen LogP contribution in [0.25, 0.3) is 6.08 Å². The largest absolute Gasteiger partial charge is 0.490 e. The molecular weight excluding hydrogens is 398 g/mol. The number of amides is 1. The predicted octanol–water partition coefficient (Wildman–Crippen LogP) is 4.10. The lowest BCUT2D eigenvalue weighted by molar-refractivity contribution is -0.384. The Morgan fingerprint density at radius 2 is 1.87 bits per heavy atom. The minimum absolute atomic E-state index is 0.0201. The molecule has 8 heteroatoms. The first-order valence-electron chi connectivity index (χ1n) is 10.1. The molecular formula is C23H23N3O5. The number of ether oxygens (including phenoxy) is 2. The summed E-state index contributed by atoms with van der Waals surface area (Å²) in [7, 11) is 0. The summed E-state index contributed by atoms with van der Waals surface area (Å²) in [5, 5.41) is 20.2.